The number of amides is 2. The highest BCUT2D eigenvalue weighted by Gasteiger charge is 2.16. The first-order chi connectivity index (χ1) is 12.2. The Hall–Kier alpha value is -2.86. The third-order valence-corrected chi connectivity index (χ3v) is 5.29. The van der Waals surface area contributed by atoms with Crippen LogP contribution in [-0.2, 0) is 4.79 Å². The molecule has 3 aromatic rings. The molecule has 126 valence electrons. The number of hydrogen-bond donors (Lipinski definition) is 2. The van der Waals surface area contributed by atoms with Gasteiger partial charge in [0.2, 0.25) is 5.91 Å². The molecule has 2 amide bonds. The van der Waals surface area contributed by atoms with Gasteiger partial charge in [-0.3, -0.25) is 9.59 Å². The highest BCUT2D eigenvalue weighted by atomic mass is 32.1. The summed E-state index contributed by atoms with van der Waals surface area (Å²) in [6, 6.07) is 17.5. The number of thiophene rings is 1. The second kappa shape index (κ2) is 6.57. The Bertz CT molecular complexity index is 900. The zero-order valence-electron chi connectivity index (χ0n) is 13.5. The van der Waals surface area contributed by atoms with Gasteiger partial charge in [0.1, 0.15) is 0 Å². The van der Waals surface area contributed by atoms with E-state index in [4.69, 9.17) is 0 Å². The highest BCUT2D eigenvalue weighted by molar-refractivity contribution is 7.20. The molecule has 2 heterocycles. The summed E-state index contributed by atoms with van der Waals surface area (Å²) in [6.07, 6.45) is 0. The first-order valence-electron chi connectivity index (χ1n) is 8.11. The van der Waals surface area contributed by atoms with Gasteiger partial charge in [0, 0.05) is 29.2 Å². The minimum atomic E-state index is -0.105. The van der Waals surface area contributed by atoms with Gasteiger partial charge in [-0.1, -0.05) is 18.2 Å². The van der Waals surface area contributed by atoms with Gasteiger partial charge in [0.15, 0.2) is 0 Å². The fourth-order valence-corrected chi connectivity index (χ4v) is 3.86. The van der Waals surface area contributed by atoms with Gasteiger partial charge in [-0.2, -0.15) is 0 Å². The minimum Gasteiger partial charge on any atom is -0.360 e. The smallest absolute Gasteiger partial charge is 0.265 e. The van der Waals surface area contributed by atoms with Gasteiger partial charge in [-0.05, 0) is 41.8 Å². The van der Waals surface area contributed by atoms with Crippen molar-refractivity contribution >= 4 is 44.6 Å². The monoisotopic (exact) mass is 351 g/mol. The van der Waals surface area contributed by atoms with Gasteiger partial charge in [-0.25, -0.2) is 0 Å². The van der Waals surface area contributed by atoms with Crippen LogP contribution >= 0.6 is 11.3 Å². The van der Waals surface area contributed by atoms with Crippen LogP contribution in [0.5, 0.6) is 0 Å². The summed E-state index contributed by atoms with van der Waals surface area (Å²) in [6.45, 7) is 1.82. The second-order valence-electron chi connectivity index (χ2n) is 5.92. The molecule has 5 nitrogen and oxygen atoms in total. The van der Waals surface area contributed by atoms with Crippen LogP contribution in [0.25, 0.3) is 10.1 Å². The van der Waals surface area contributed by atoms with E-state index in [2.05, 4.69) is 10.6 Å². The van der Waals surface area contributed by atoms with Crippen LogP contribution in [0.3, 0.4) is 0 Å². The Morgan fingerprint density at radius 2 is 1.92 bits per heavy atom. The summed E-state index contributed by atoms with van der Waals surface area (Å²) >= 11 is 1.49. The van der Waals surface area contributed by atoms with Crippen LogP contribution in [0, 0.1) is 0 Å². The van der Waals surface area contributed by atoms with Gasteiger partial charge < -0.3 is 15.5 Å². The van der Waals surface area contributed by atoms with E-state index in [0.717, 1.165) is 28.0 Å². The summed E-state index contributed by atoms with van der Waals surface area (Å²) in [7, 11) is 0. The molecule has 0 atom stereocenters. The SMILES string of the molecule is O=C1CN(c2ccc(NC(=O)c3cc4ccccc4s3)cc2)CCN1. The molecule has 0 unspecified atom stereocenters. The number of carbonyl (C=O) groups excluding carboxylic acids is 2. The molecule has 0 bridgehead atoms. The Morgan fingerprint density at radius 1 is 1.12 bits per heavy atom. The molecule has 1 aliphatic heterocycles. The Balaban J connectivity index is 1.47. The summed E-state index contributed by atoms with van der Waals surface area (Å²) in [5.74, 6) is -0.0697. The normalized spacial score (nSPS) is 14.4. The number of piperazine rings is 1. The maximum absolute atomic E-state index is 12.4. The van der Waals surface area contributed by atoms with Gasteiger partial charge in [0.05, 0.1) is 11.4 Å². The summed E-state index contributed by atoms with van der Waals surface area (Å²) < 4.78 is 1.10. The zero-order chi connectivity index (χ0) is 17.2. The molecule has 2 N–H and O–H groups in total. The second-order valence-corrected chi connectivity index (χ2v) is 7.00. The number of carbonyl (C=O) groups is 2. The molecule has 0 saturated carbocycles. The molecule has 0 spiro atoms. The molecule has 0 aliphatic carbocycles. The maximum Gasteiger partial charge on any atom is 0.265 e. The van der Waals surface area contributed by atoms with E-state index in [-0.39, 0.29) is 11.8 Å². The van der Waals surface area contributed by atoms with Crippen LogP contribution in [0.1, 0.15) is 9.67 Å². The van der Waals surface area contributed by atoms with Crippen LogP contribution in [-0.4, -0.2) is 31.4 Å². The molecular formula is C19H17N3O2S. The Labute approximate surface area is 149 Å². The van der Waals surface area contributed by atoms with Crippen LogP contribution in [0.2, 0.25) is 0 Å². The van der Waals surface area contributed by atoms with Crippen molar-refractivity contribution in [2.24, 2.45) is 0 Å². The number of nitrogens with zero attached hydrogens (tertiary/aromatic N) is 1. The molecule has 1 aromatic heterocycles. The number of fused-ring (bicyclic) bond motifs is 1. The molecule has 2 aromatic carbocycles. The van der Waals surface area contributed by atoms with Crippen molar-refractivity contribution in [3.05, 3.63) is 59.5 Å². The molecule has 1 aliphatic rings. The topological polar surface area (TPSA) is 61.4 Å². The Morgan fingerprint density at radius 3 is 2.68 bits per heavy atom. The van der Waals surface area contributed by atoms with Crippen molar-refractivity contribution in [1.29, 1.82) is 0 Å². The van der Waals surface area contributed by atoms with Crippen molar-refractivity contribution in [3.8, 4) is 0 Å². The largest absolute Gasteiger partial charge is 0.360 e. The van der Waals surface area contributed by atoms with Crippen LogP contribution in [0.15, 0.2) is 54.6 Å². The lowest BCUT2D eigenvalue weighted by molar-refractivity contribution is -0.120. The third kappa shape index (κ3) is 3.34. The number of benzene rings is 2. The molecule has 0 radical (unpaired) electrons. The van der Waals surface area contributed by atoms with E-state index in [1.54, 1.807) is 0 Å². The highest BCUT2D eigenvalue weighted by Crippen LogP contribution is 2.26. The van der Waals surface area contributed by atoms with Crippen molar-refractivity contribution in [2.45, 2.75) is 0 Å². The van der Waals surface area contributed by atoms with Crippen molar-refractivity contribution in [1.82, 2.24) is 5.32 Å². The van der Waals surface area contributed by atoms with E-state index in [1.165, 1.54) is 11.3 Å². The fraction of sp³-hybridized carbons (Fsp3) is 0.158. The average Bonchev–Trinajstić information content (AvgIpc) is 3.07. The van der Waals surface area contributed by atoms with Crippen molar-refractivity contribution < 1.29 is 9.59 Å². The minimum absolute atomic E-state index is 0.0355. The van der Waals surface area contributed by atoms with Crippen molar-refractivity contribution in [2.75, 3.05) is 29.9 Å². The summed E-state index contributed by atoms with van der Waals surface area (Å²) in [5.41, 5.74) is 1.72. The number of hydrogen-bond acceptors (Lipinski definition) is 4. The lowest BCUT2D eigenvalue weighted by Gasteiger charge is -2.28. The van der Waals surface area contributed by atoms with Gasteiger partial charge in [-0.15, -0.1) is 11.3 Å². The molecule has 1 fully saturated rings. The summed E-state index contributed by atoms with van der Waals surface area (Å²) in [5, 5.41) is 6.82. The fourth-order valence-electron chi connectivity index (χ4n) is 2.90. The van der Waals surface area contributed by atoms with E-state index in [1.807, 2.05) is 59.5 Å². The quantitative estimate of drug-likeness (QED) is 0.762. The predicted molar refractivity (Wildman–Crippen MR) is 101 cm³/mol. The number of rotatable bonds is 3. The van der Waals surface area contributed by atoms with E-state index in [9.17, 15) is 9.59 Å². The van der Waals surface area contributed by atoms with Crippen molar-refractivity contribution in [3.63, 3.8) is 0 Å². The third-order valence-electron chi connectivity index (χ3n) is 4.18. The molecule has 25 heavy (non-hydrogen) atoms. The van der Waals surface area contributed by atoms with E-state index < -0.39 is 0 Å². The molecule has 4 rings (SSSR count). The van der Waals surface area contributed by atoms with Crippen LogP contribution < -0.4 is 15.5 Å². The molecule has 1 saturated heterocycles. The molecule has 6 heteroatoms. The number of nitrogens with one attached hydrogen (secondary N) is 2. The van der Waals surface area contributed by atoms with E-state index in [0.29, 0.717) is 18.0 Å². The van der Waals surface area contributed by atoms with E-state index >= 15 is 0 Å². The first-order valence-corrected chi connectivity index (χ1v) is 8.92. The Kier molecular flexibility index (Phi) is 4.11. The number of anilines is 2. The first kappa shape index (κ1) is 15.7. The predicted octanol–water partition coefficient (Wildman–Crippen LogP) is 3.09. The summed E-state index contributed by atoms with van der Waals surface area (Å²) in [4.78, 5) is 26.6. The lowest BCUT2D eigenvalue weighted by atomic mass is 10.2. The zero-order valence-corrected chi connectivity index (χ0v) is 14.3. The maximum atomic E-state index is 12.4. The van der Waals surface area contributed by atoms with Gasteiger partial charge in [0.25, 0.3) is 5.91 Å². The average molecular weight is 351 g/mol. The standard InChI is InChI=1S/C19H17N3O2S/c23-18-12-22(10-9-20-18)15-7-5-14(6-8-15)21-19(24)17-11-13-3-1-2-4-16(13)25-17/h1-8,11H,9-10,12H2,(H,20,23)(H,21,24). The van der Waals surface area contributed by atoms with Gasteiger partial charge >= 0.3 is 0 Å². The van der Waals surface area contributed by atoms with Crippen LogP contribution in [0.4, 0.5) is 11.4 Å². The molecular weight excluding hydrogens is 334 g/mol. The lowest BCUT2D eigenvalue weighted by Crippen LogP contribution is -2.47.